The third-order valence-corrected chi connectivity index (χ3v) is 2.72. The van der Waals surface area contributed by atoms with Crippen LogP contribution in [0.1, 0.15) is 25.2 Å². The van der Waals surface area contributed by atoms with Crippen molar-refractivity contribution in [1.29, 1.82) is 5.26 Å². The molecule has 98 valence electrons. The molecule has 2 aromatic rings. The van der Waals surface area contributed by atoms with Crippen LogP contribution in [0.3, 0.4) is 0 Å². The van der Waals surface area contributed by atoms with Crippen LogP contribution in [0.15, 0.2) is 30.6 Å². The molecule has 5 heteroatoms. The van der Waals surface area contributed by atoms with Gasteiger partial charge in [0.2, 0.25) is 0 Å². The molecule has 19 heavy (non-hydrogen) atoms. The Labute approximate surface area is 112 Å². The molecule has 1 heterocycles. The molecule has 0 atom stereocenters. The van der Waals surface area contributed by atoms with Crippen molar-refractivity contribution in [3.63, 3.8) is 0 Å². The maximum absolute atomic E-state index is 9.03. The SMILES string of the molecule is CC(C)Cn1ncnc1CNc1ccccc1C#N. The molecule has 0 aliphatic rings. The highest BCUT2D eigenvalue weighted by atomic mass is 15.3. The van der Waals surface area contributed by atoms with Crippen molar-refractivity contribution in [3.8, 4) is 6.07 Å². The fraction of sp³-hybridized carbons (Fsp3) is 0.357. The standard InChI is InChI=1S/C14H17N5/c1-11(2)9-19-14(17-10-18-19)8-16-13-6-4-3-5-12(13)7-15/h3-6,10-11,16H,8-9H2,1-2H3. The summed E-state index contributed by atoms with van der Waals surface area (Å²) >= 11 is 0. The van der Waals surface area contributed by atoms with Gasteiger partial charge in [-0.2, -0.15) is 10.4 Å². The number of nitriles is 1. The van der Waals surface area contributed by atoms with Gasteiger partial charge in [0.05, 0.1) is 17.8 Å². The summed E-state index contributed by atoms with van der Waals surface area (Å²) in [5.41, 5.74) is 1.46. The molecule has 0 aliphatic heterocycles. The van der Waals surface area contributed by atoms with Gasteiger partial charge in [-0.25, -0.2) is 9.67 Å². The van der Waals surface area contributed by atoms with Crippen LogP contribution >= 0.6 is 0 Å². The second kappa shape index (κ2) is 6.01. The molecule has 0 unspecified atom stereocenters. The maximum Gasteiger partial charge on any atom is 0.146 e. The molecule has 0 amide bonds. The van der Waals surface area contributed by atoms with Crippen LogP contribution in [-0.2, 0) is 13.1 Å². The first-order chi connectivity index (χ1) is 9.20. The van der Waals surface area contributed by atoms with E-state index in [9.17, 15) is 0 Å². The summed E-state index contributed by atoms with van der Waals surface area (Å²) in [7, 11) is 0. The van der Waals surface area contributed by atoms with Crippen LogP contribution in [0.25, 0.3) is 0 Å². The van der Waals surface area contributed by atoms with Crippen molar-refractivity contribution < 1.29 is 0 Å². The summed E-state index contributed by atoms with van der Waals surface area (Å²) in [6, 6.07) is 9.61. The Hall–Kier alpha value is -2.35. The molecular weight excluding hydrogens is 238 g/mol. The lowest BCUT2D eigenvalue weighted by Gasteiger charge is -2.10. The van der Waals surface area contributed by atoms with E-state index in [0.717, 1.165) is 18.1 Å². The number of anilines is 1. The second-order valence-corrected chi connectivity index (χ2v) is 4.76. The normalized spacial score (nSPS) is 10.4. The quantitative estimate of drug-likeness (QED) is 0.891. The predicted molar refractivity (Wildman–Crippen MR) is 73.3 cm³/mol. The van der Waals surface area contributed by atoms with Gasteiger partial charge < -0.3 is 5.32 Å². The van der Waals surface area contributed by atoms with Gasteiger partial charge in [-0.05, 0) is 18.1 Å². The van der Waals surface area contributed by atoms with Crippen molar-refractivity contribution >= 4 is 5.69 Å². The molecule has 5 nitrogen and oxygen atoms in total. The van der Waals surface area contributed by atoms with Crippen molar-refractivity contribution in [1.82, 2.24) is 14.8 Å². The summed E-state index contributed by atoms with van der Waals surface area (Å²) < 4.78 is 1.90. The molecule has 1 N–H and O–H groups in total. The van der Waals surface area contributed by atoms with Crippen molar-refractivity contribution in [3.05, 3.63) is 42.0 Å². The lowest BCUT2D eigenvalue weighted by molar-refractivity contribution is 0.468. The first kappa shape index (κ1) is 13.1. The minimum absolute atomic E-state index is 0.520. The van der Waals surface area contributed by atoms with E-state index in [4.69, 9.17) is 5.26 Å². The number of rotatable bonds is 5. The fourth-order valence-corrected chi connectivity index (χ4v) is 1.83. The lowest BCUT2D eigenvalue weighted by Crippen LogP contribution is -2.13. The molecule has 1 aromatic carbocycles. The Morgan fingerprint density at radius 3 is 2.89 bits per heavy atom. The number of para-hydroxylation sites is 1. The third-order valence-electron chi connectivity index (χ3n) is 2.72. The molecule has 0 aliphatic carbocycles. The molecular formula is C14H17N5. The number of nitrogens with one attached hydrogen (secondary N) is 1. The summed E-state index contributed by atoms with van der Waals surface area (Å²) in [5.74, 6) is 1.40. The number of aromatic nitrogens is 3. The van der Waals surface area contributed by atoms with Gasteiger partial charge in [-0.3, -0.25) is 0 Å². The van der Waals surface area contributed by atoms with E-state index in [2.05, 4.69) is 35.3 Å². The van der Waals surface area contributed by atoms with Gasteiger partial charge in [0.1, 0.15) is 18.2 Å². The number of benzene rings is 1. The number of hydrogen-bond donors (Lipinski definition) is 1. The molecule has 0 fully saturated rings. The zero-order valence-electron chi connectivity index (χ0n) is 11.2. The van der Waals surface area contributed by atoms with Gasteiger partial charge in [-0.1, -0.05) is 26.0 Å². The lowest BCUT2D eigenvalue weighted by atomic mass is 10.2. The van der Waals surface area contributed by atoms with Gasteiger partial charge in [0.25, 0.3) is 0 Å². The van der Waals surface area contributed by atoms with Crippen molar-refractivity contribution in [2.24, 2.45) is 5.92 Å². The summed E-state index contributed by atoms with van der Waals surface area (Å²) in [6.45, 7) is 5.69. The third kappa shape index (κ3) is 3.32. The van der Waals surface area contributed by atoms with E-state index in [-0.39, 0.29) is 0 Å². The first-order valence-electron chi connectivity index (χ1n) is 6.30. The zero-order valence-corrected chi connectivity index (χ0v) is 11.2. The monoisotopic (exact) mass is 255 g/mol. The van der Waals surface area contributed by atoms with E-state index in [1.165, 1.54) is 0 Å². The molecule has 0 saturated heterocycles. The molecule has 1 aromatic heterocycles. The predicted octanol–water partition coefficient (Wildman–Crippen LogP) is 2.42. The van der Waals surface area contributed by atoms with Crippen LogP contribution in [0.5, 0.6) is 0 Å². The molecule has 0 saturated carbocycles. The van der Waals surface area contributed by atoms with E-state index in [1.807, 2.05) is 22.9 Å². The van der Waals surface area contributed by atoms with Crippen molar-refractivity contribution in [2.45, 2.75) is 26.9 Å². The fourth-order valence-electron chi connectivity index (χ4n) is 1.83. The van der Waals surface area contributed by atoms with E-state index >= 15 is 0 Å². The molecule has 0 bridgehead atoms. The topological polar surface area (TPSA) is 66.5 Å². The highest BCUT2D eigenvalue weighted by Gasteiger charge is 2.07. The number of nitrogens with zero attached hydrogens (tertiary/aromatic N) is 4. The maximum atomic E-state index is 9.03. The highest BCUT2D eigenvalue weighted by Crippen LogP contribution is 2.14. The zero-order chi connectivity index (χ0) is 13.7. The van der Waals surface area contributed by atoms with E-state index in [1.54, 1.807) is 12.4 Å². The van der Waals surface area contributed by atoms with Gasteiger partial charge in [0, 0.05) is 6.54 Å². The Morgan fingerprint density at radius 2 is 2.16 bits per heavy atom. The minimum Gasteiger partial charge on any atom is -0.377 e. The smallest absolute Gasteiger partial charge is 0.146 e. The van der Waals surface area contributed by atoms with Crippen LogP contribution in [-0.4, -0.2) is 14.8 Å². The Bertz CT molecular complexity index is 580. The van der Waals surface area contributed by atoms with Crippen LogP contribution < -0.4 is 5.32 Å². The second-order valence-electron chi connectivity index (χ2n) is 4.76. The minimum atomic E-state index is 0.520. The number of hydrogen-bond acceptors (Lipinski definition) is 4. The van der Waals surface area contributed by atoms with E-state index < -0.39 is 0 Å². The first-order valence-corrected chi connectivity index (χ1v) is 6.30. The average molecular weight is 255 g/mol. The van der Waals surface area contributed by atoms with Crippen LogP contribution in [0.2, 0.25) is 0 Å². The molecule has 0 radical (unpaired) electrons. The van der Waals surface area contributed by atoms with Crippen LogP contribution in [0.4, 0.5) is 5.69 Å². The average Bonchev–Trinajstić information content (AvgIpc) is 2.83. The largest absolute Gasteiger partial charge is 0.377 e. The molecule has 2 rings (SSSR count). The van der Waals surface area contributed by atoms with E-state index in [0.29, 0.717) is 18.0 Å². The summed E-state index contributed by atoms with van der Waals surface area (Å²) in [5, 5.41) is 16.5. The molecule has 0 spiro atoms. The highest BCUT2D eigenvalue weighted by molar-refractivity contribution is 5.57. The Kier molecular flexibility index (Phi) is 4.14. The van der Waals surface area contributed by atoms with Crippen LogP contribution in [0, 0.1) is 17.2 Å². The summed E-state index contributed by atoms with van der Waals surface area (Å²) in [4.78, 5) is 4.25. The van der Waals surface area contributed by atoms with Gasteiger partial charge in [-0.15, -0.1) is 0 Å². The van der Waals surface area contributed by atoms with Gasteiger partial charge in [0.15, 0.2) is 0 Å². The summed E-state index contributed by atoms with van der Waals surface area (Å²) in [6.07, 6.45) is 1.57. The van der Waals surface area contributed by atoms with Crippen molar-refractivity contribution in [2.75, 3.05) is 5.32 Å². The van der Waals surface area contributed by atoms with Gasteiger partial charge >= 0.3 is 0 Å². The Morgan fingerprint density at radius 1 is 1.37 bits per heavy atom. The Balaban J connectivity index is 2.07.